The van der Waals surface area contributed by atoms with Crippen molar-refractivity contribution in [3.63, 3.8) is 0 Å². The molecule has 4 aromatic rings. The first-order valence-electron chi connectivity index (χ1n) is 8.92. The van der Waals surface area contributed by atoms with Crippen molar-refractivity contribution in [2.24, 2.45) is 5.73 Å². The van der Waals surface area contributed by atoms with E-state index in [-0.39, 0.29) is 6.10 Å². The Balaban J connectivity index is 1.72. The van der Waals surface area contributed by atoms with E-state index in [0.29, 0.717) is 6.54 Å². The fourth-order valence-electron chi connectivity index (χ4n) is 3.31. The molecule has 0 aliphatic rings. The number of hydrogen-bond donors (Lipinski definition) is 2. The monoisotopic (exact) mass is 342 g/mol. The Labute approximate surface area is 153 Å². The minimum atomic E-state index is -0.147. The van der Waals surface area contributed by atoms with Crippen molar-refractivity contribution < 1.29 is 4.74 Å². The van der Waals surface area contributed by atoms with Crippen LogP contribution in [0, 0.1) is 0 Å². The van der Waals surface area contributed by atoms with Gasteiger partial charge in [0.05, 0.1) is 0 Å². The van der Waals surface area contributed by atoms with E-state index < -0.39 is 0 Å². The summed E-state index contributed by atoms with van der Waals surface area (Å²) in [5, 5.41) is 1.17. The highest BCUT2D eigenvalue weighted by molar-refractivity contribution is 5.84. The fraction of sp³-hybridized carbons (Fsp3) is 0.130. The highest BCUT2D eigenvalue weighted by atomic mass is 16.5. The summed E-state index contributed by atoms with van der Waals surface area (Å²) in [4.78, 5) is 3.31. The Morgan fingerprint density at radius 3 is 2.12 bits per heavy atom. The number of aromatic amines is 1. The van der Waals surface area contributed by atoms with E-state index >= 15 is 0 Å². The van der Waals surface area contributed by atoms with Gasteiger partial charge in [-0.1, -0.05) is 60.7 Å². The van der Waals surface area contributed by atoms with E-state index in [2.05, 4.69) is 41.4 Å². The summed E-state index contributed by atoms with van der Waals surface area (Å²) < 4.78 is 6.45. The Kier molecular flexibility index (Phi) is 4.71. The Bertz CT molecular complexity index is 937. The van der Waals surface area contributed by atoms with Gasteiger partial charge < -0.3 is 15.5 Å². The van der Waals surface area contributed by atoms with Crippen LogP contribution in [-0.4, -0.2) is 11.5 Å². The molecule has 3 aromatic carbocycles. The van der Waals surface area contributed by atoms with E-state index in [1.54, 1.807) is 0 Å². The standard InChI is InChI=1S/C23H22N2O/c24-14-13-19-16-25-22-12-11-20(15-21(19)22)26-23(17-7-3-1-4-8-17)18-9-5-2-6-10-18/h1-12,15-16,23,25H,13-14,24H2. The van der Waals surface area contributed by atoms with Gasteiger partial charge in [0.15, 0.2) is 0 Å². The molecular formula is C23H22N2O. The number of benzene rings is 3. The van der Waals surface area contributed by atoms with Gasteiger partial charge >= 0.3 is 0 Å². The molecule has 0 radical (unpaired) electrons. The molecule has 0 aliphatic heterocycles. The molecule has 0 spiro atoms. The van der Waals surface area contributed by atoms with Crippen LogP contribution in [0.25, 0.3) is 10.9 Å². The number of aromatic nitrogens is 1. The second-order valence-electron chi connectivity index (χ2n) is 6.38. The van der Waals surface area contributed by atoms with E-state index in [0.717, 1.165) is 28.8 Å². The van der Waals surface area contributed by atoms with Crippen LogP contribution in [0.5, 0.6) is 5.75 Å². The van der Waals surface area contributed by atoms with Crippen molar-refractivity contribution in [3.05, 3.63) is 102 Å². The largest absolute Gasteiger partial charge is 0.481 e. The van der Waals surface area contributed by atoms with Gasteiger partial charge in [0.2, 0.25) is 0 Å². The third kappa shape index (κ3) is 3.35. The molecule has 0 unspecified atom stereocenters. The van der Waals surface area contributed by atoms with E-state index in [1.807, 2.05) is 48.7 Å². The van der Waals surface area contributed by atoms with Crippen LogP contribution in [0.1, 0.15) is 22.8 Å². The topological polar surface area (TPSA) is 51.0 Å². The number of nitrogens with one attached hydrogen (secondary N) is 1. The molecule has 3 heteroatoms. The molecule has 0 aliphatic carbocycles. The van der Waals surface area contributed by atoms with Gasteiger partial charge in [-0.05, 0) is 47.9 Å². The van der Waals surface area contributed by atoms with E-state index in [9.17, 15) is 0 Å². The van der Waals surface area contributed by atoms with Crippen molar-refractivity contribution in [1.29, 1.82) is 0 Å². The Hall–Kier alpha value is -3.04. The summed E-state index contributed by atoms with van der Waals surface area (Å²) in [6.45, 7) is 0.634. The van der Waals surface area contributed by atoms with Crippen molar-refractivity contribution in [2.75, 3.05) is 6.54 Å². The van der Waals surface area contributed by atoms with E-state index in [4.69, 9.17) is 10.5 Å². The quantitative estimate of drug-likeness (QED) is 0.527. The minimum Gasteiger partial charge on any atom is -0.481 e. The third-order valence-electron chi connectivity index (χ3n) is 4.61. The molecule has 1 heterocycles. The molecule has 0 saturated carbocycles. The summed E-state index contributed by atoms with van der Waals surface area (Å²) in [5.41, 5.74) is 10.3. The summed E-state index contributed by atoms with van der Waals surface area (Å²) >= 11 is 0. The zero-order valence-corrected chi connectivity index (χ0v) is 14.6. The predicted molar refractivity (Wildman–Crippen MR) is 106 cm³/mol. The van der Waals surface area contributed by atoms with Gasteiger partial charge in [0, 0.05) is 17.1 Å². The van der Waals surface area contributed by atoms with Crippen molar-refractivity contribution >= 4 is 10.9 Å². The van der Waals surface area contributed by atoms with E-state index in [1.165, 1.54) is 10.9 Å². The van der Waals surface area contributed by atoms with Crippen molar-refractivity contribution in [3.8, 4) is 5.75 Å². The maximum Gasteiger partial charge on any atom is 0.149 e. The van der Waals surface area contributed by atoms with Crippen LogP contribution in [-0.2, 0) is 6.42 Å². The number of ether oxygens (including phenoxy) is 1. The molecule has 0 saturated heterocycles. The molecule has 0 atom stereocenters. The number of rotatable bonds is 6. The average molecular weight is 342 g/mol. The summed E-state index contributed by atoms with van der Waals surface area (Å²) in [5.74, 6) is 0.855. The molecule has 130 valence electrons. The van der Waals surface area contributed by atoms with Gasteiger partial charge in [0.1, 0.15) is 11.9 Å². The van der Waals surface area contributed by atoms with Crippen molar-refractivity contribution in [1.82, 2.24) is 4.98 Å². The third-order valence-corrected chi connectivity index (χ3v) is 4.61. The molecule has 4 rings (SSSR count). The number of H-pyrrole nitrogens is 1. The first kappa shape index (κ1) is 16.4. The lowest BCUT2D eigenvalue weighted by molar-refractivity contribution is 0.247. The molecule has 0 bridgehead atoms. The van der Waals surface area contributed by atoms with Crippen LogP contribution in [0.15, 0.2) is 85.1 Å². The van der Waals surface area contributed by atoms with Crippen molar-refractivity contribution in [2.45, 2.75) is 12.5 Å². The zero-order valence-electron chi connectivity index (χ0n) is 14.6. The highest BCUT2D eigenvalue weighted by Gasteiger charge is 2.16. The molecule has 3 nitrogen and oxygen atoms in total. The fourth-order valence-corrected chi connectivity index (χ4v) is 3.31. The number of fused-ring (bicyclic) bond motifs is 1. The van der Waals surface area contributed by atoms with Crippen LogP contribution in [0.3, 0.4) is 0 Å². The first-order valence-corrected chi connectivity index (χ1v) is 8.92. The second-order valence-corrected chi connectivity index (χ2v) is 6.38. The normalized spacial score (nSPS) is 11.2. The van der Waals surface area contributed by atoms with Crippen LogP contribution in [0.4, 0.5) is 0 Å². The zero-order chi connectivity index (χ0) is 17.8. The lowest BCUT2D eigenvalue weighted by Crippen LogP contribution is -2.09. The molecular weight excluding hydrogens is 320 g/mol. The average Bonchev–Trinajstić information content (AvgIpc) is 3.10. The highest BCUT2D eigenvalue weighted by Crippen LogP contribution is 2.31. The lowest BCUT2D eigenvalue weighted by atomic mass is 10.0. The Morgan fingerprint density at radius 1 is 0.846 bits per heavy atom. The lowest BCUT2D eigenvalue weighted by Gasteiger charge is -2.20. The SMILES string of the molecule is NCCc1c[nH]c2ccc(OC(c3ccccc3)c3ccccc3)cc12. The van der Waals surface area contributed by atoms with Gasteiger partial charge in [-0.3, -0.25) is 0 Å². The molecule has 1 aromatic heterocycles. The Morgan fingerprint density at radius 2 is 1.50 bits per heavy atom. The maximum absolute atomic E-state index is 6.45. The summed E-state index contributed by atoms with van der Waals surface area (Å²) in [6.07, 6.45) is 2.74. The first-order chi connectivity index (χ1) is 12.8. The van der Waals surface area contributed by atoms with Crippen LogP contribution in [0.2, 0.25) is 0 Å². The van der Waals surface area contributed by atoms with Gasteiger partial charge in [-0.15, -0.1) is 0 Å². The van der Waals surface area contributed by atoms with Crippen LogP contribution < -0.4 is 10.5 Å². The van der Waals surface area contributed by atoms with Crippen LogP contribution >= 0.6 is 0 Å². The maximum atomic E-state index is 6.45. The molecule has 3 N–H and O–H groups in total. The van der Waals surface area contributed by atoms with Gasteiger partial charge in [0.25, 0.3) is 0 Å². The van der Waals surface area contributed by atoms with Gasteiger partial charge in [-0.2, -0.15) is 0 Å². The second kappa shape index (κ2) is 7.46. The number of nitrogens with two attached hydrogens (primary N) is 1. The van der Waals surface area contributed by atoms with Gasteiger partial charge in [-0.25, -0.2) is 0 Å². The summed E-state index contributed by atoms with van der Waals surface area (Å²) in [7, 11) is 0. The molecule has 26 heavy (non-hydrogen) atoms. The smallest absolute Gasteiger partial charge is 0.149 e. The molecule has 0 amide bonds. The predicted octanol–water partition coefficient (Wildman–Crippen LogP) is 4.84. The summed E-state index contributed by atoms with van der Waals surface area (Å²) in [6, 6.07) is 26.8. The molecule has 0 fully saturated rings. The number of hydrogen-bond acceptors (Lipinski definition) is 2. The minimum absolute atomic E-state index is 0.147.